The molecule has 1 heterocycles. The van der Waals surface area contributed by atoms with Gasteiger partial charge in [0.1, 0.15) is 11.6 Å². The number of aromatic nitrogens is 2. The Kier molecular flexibility index (Phi) is 6.25. The van der Waals surface area contributed by atoms with Crippen LogP contribution in [-0.4, -0.2) is 28.1 Å². The Balaban J connectivity index is 1.74. The van der Waals surface area contributed by atoms with Gasteiger partial charge < -0.3 is 11.1 Å². The molecule has 3 N–H and O–H groups in total. The van der Waals surface area contributed by atoms with Crippen molar-refractivity contribution >= 4 is 11.8 Å². The lowest BCUT2D eigenvalue weighted by atomic mass is 9.98. The van der Waals surface area contributed by atoms with Crippen molar-refractivity contribution in [1.29, 1.82) is 0 Å². The Morgan fingerprint density at radius 1 is 1.03 bits per heavy atom. The molecule has 6 nitrogen and oxygen atoms in total. The number of rotatable bonds is 7. The summed E-state index contributed by atoms with van der Waals surface area (Å²) in [7, 11) is 0. The maximum Gasteiger partial charge on any atom is 0.255 e. The molecule has 0 saturated carbocycles. The minimum absolute atomic E-state index is 0.0339. The maximum absolute atomic E-state index is 13.2. The summed E-state index contributed by atoms with van der Waals surface area (Å²) in [4.78, 5) is 24.6. The number of hydrogen-bond donors (Lipinski definition) is 2. The highest BCUT2D eigenvalue weighted by Crippen LogP contribution is 2.18. The van der Waals surface area contributed by atoms with Crippen molar-refractivity contribution in [2.45, 2.75) is 20.3 Å². The molecule has 2 aromatic carbocycles. The van der Waals surface area contributed by atoms with Crippen LogP contribution in [0.1, 0.15) is 27.3 Å². The number of amides is 2. The van der Waals surface area contributed by atoms with Crippen molar-refractivity contribution in [2.24, 2.45) is 11.7 Å². The van der Waals surface area contributed by atoms with Gasteiger partial charge in [0.05, 0.1) is 28.6 Å². The van der Waals surface area contributed by atoms with Crippen LogP contribution in [0.3, 0.4) is 0 Å². The predicted molar refractivity (Wildman–Crippen MR) is 108 cm³/mol. The van der Waals surface area contributed by atoms with Crippen LogP contribution in [0.15, 0.2) is 48.5 Å². The molecule has 0 aliphatic heterocycles. The third-order valence-corrected chi connectivity index (χ3v) is 4.90. The number of nitrogens with two attached hydrogens (primary N) is 1. The lowest BCUT2D eigenvalue weighted by molar-refractivity contribution is -0.121. The zero-order valence-corrected chi connectivity index (χ0v) is 16.7. The van der Waals surface area contributed by atoms with Gasteiger partial charge in [0.25, 0.3) is 5.91 Å². The van der Waals surface area contributed by atoms with E-state index in [1.807, 2.05) is 0 Å². The maximum atomic E-state index is 13.2. The molecule has 0 saturated heterocycles. The number of aryl methyl sites for hydroxylation is 1. The summed E-state index contributed by atoms with van der Waals surface area (Å²) in [6.07, 6.45) is 0.280. The predicted octanol–water partition coefficient (Wildman–Crippen LogP) is 2.84. The molecule has 0 radical (unpaired) electrons. The van der Waals surface area contributed by atoms with Gasteiger partial charge in [-0.25, -0.2) is 13.5 Å². The molecule has 0 aliphatic carbocycles. The Morgan fingerprint density at radius 3 is 2.17 bits per heavy atom. The summed E-state index contributed by atoms with van der Waals surface area (Å²) >= 11 is 0. The number of primary amides is 1. The second-order valence-electron chi connectivity index (χ2n) is 7.07. The lowest BCUT2D eigenvalue weighted by Gasteiger charge is -2.15. The second-order valence-corrected chi connectivity index (χ2v) is 7.07. The lowest BCUT2D eigenvalue weighted by Crippen LogP contribution is -2.37. The first kappa shape index (κ1) is 21.2. The number of carbonyl (C=O) groups excluding carboxylic acids is 2. The van der Waals surface area contributed by atoms with Crippen LogP contribution in [0.25, 0.3) is 5.69 Å². The van der Waals surface area contributed by atoms with Gasteiger partial charge in [0.15, 0.2) is 0 Å². The van der Waals surface area contributed by atoms with E-state index in [1.165, 1.54) is 24.3 Å². The monoisotopic (exact) mass is 412 g/mol. The number of nitrogens with zero attached hydrogens (tertiary/aromatic N) is 2. The molecule has 0 unspecified atom stereocenters. The fourth-order valence-corrected chi connectivity index (χ4v) is 3.29. The van der Waals surface area contributed by atoms with E-state index in [4.69, 9.17) is 5.73 Å². The average Bonchev–Trinajstić information content (AvgIpc) is 3.01. The number of halogens is 2. The van der Waals surface area contributed by atoms with E-state index in [-0.39, 0.29) is 30.5 Å². The Morgan fingerprint density at radius 2 is 1.60 bits per heavy atom. The van der Waals surface area contributed by atoms with E-state index in [1.54, 1.807) is 42.8 Å². The normalized spacial score (nSPS) is 11.9. The average molecular weight is 412 g/mol. The topological polar surface area (TPSA) is 90.0 Å². The SMILES string of the molecule is Cc1nn(-c2ccc(F)cc2)c(C)c1C(=O)NC[C@@H](Cc1ccc(F)cc1)C(N)=O. The Bertz CT molecular complexity index is 1060. The van der Waals surface area contributed by atoms with Gasteiger partial charge in [-0.2, -0.15) is 5.10 Å². The van der Waals surface area contributed by atoms with Gasteiger partial charge in [0.2, 0.25) is 5.91 Å². The van der Waals surface area contributed by atoms with E-state index in [0.717, 1.165) is 5.56 Å². The zero-order chi connectivity index (χ0) is 21.8. The largest absolute Gasteiger partial charge is 0.369 e. The molecule has 0 bridgehead atoms. The van der Waals surface area contributed by atoms with Crippen LogP contribution in [0.4, 0.5) is 8.78 Å². The molecule has 30 heavy (non-hydrogen) atoms. The van der Waals surface area contributed by atoms with E-state index < -0.39 is 11.8 Å². The number of nitrogens with one attached hydrogen (secondary N) is 1. The minimum Gasteiger partial charge on any atom is -0.369 e. The zero-order valence-electron chi connectivity index (χ0n) is 16.7. The molecule has 1 atom stereocenters. The Labute approximate surface area is 172 Å². The minimum atomic E-state index is -0.646. The van der Waals surface area contributed by atoms with Crippen molar-refractivity contribution in [1.82, 2.24) is 15.1 Å². The molecular weight excluding hydrogens is 390 g/mol. The smallest absolute Gasteiger partial charge is 0.255 e. The van der Waals surface area contributed by atoms with Crippen LogP contribution in [-0.2, 0) is 11.2 Å². The highest BCUT2D eigenvalue weighted by Gasteiger charge is 2.22. The van der Waals surface area contributed by atoms with Crippen molar-refractivity contribution in [3.8, 4) is 5.69 Å². The molecule has 8 heteroatoms. The number of hydrogen-bond acceptors (Lipinski definition) is 3. The fourth-order valence-electron chi connectivity index (χ4n) is 3.29. The van der Waals surface area contributed by atoms with Crippen LogP contribution >= 0.6 is 0 Å². The van der Waals surface area contributed by atoms with E-state index >= 15 is 0 Å². The molecule has 156 valence electrons. The van der Waals surface area contributed by atoms with E-state index in [9.17, 15) is 18.4 Å². The van der Waals surface area contributed by atoms with Gasteiger partial charge in [-0.15, -0.1) is 0 Å². The molecule has 1 aromatic heterocycles. The van der Waals surface area contributed by atoms with Crippen LogP contribution in [0.2, 0.25) is 0 Å². The summed E-state index contributed by atoms with van der Waals surface area (Å²) < 4.78 is 27.8. The third-order valence-electron chi connectivity index (χ3n) is 4.90. The summed E-state index contributed by atoms with van der Waals surface area (Å²) in [6, 6.07) is 11.6. The molecule has 0 spiro atoms. The molecule has 3 aromatic rings. The summed E-state index contributed by atoms with van der Waals surface area (Å²) in [5.41, 5.74) is 8.32. The van der Waals surface area contributed by atoms with Gasteiger partial charge in [-0.3, -0.25) is 9.59 Å². The van der Waals surface area contributed by atoms with Crippen LogP contribution in [0, 0.1) is 31.4 Å². The molecular formula is C22H22F2N4O2. The van der Waals surface area contributed by atoms with E-state index in [2.05, 4.69) is 10.4 Å². The summed E-state index contributed by atoms with van der Waals surface area (Å²) in [6.45, 7) is 3.47. The van der Waals surface area contributed by atoms with Crippen molar-refractivity contribution in [3.63, 3.8) is 0 Å². The second kappa shape index (κ2) is 8.86. The van der Waals surface area contributed by atoms with Gasteiger partial charge in [0, 0.05) is 6.54 Å². The Hall–Kier alpha value is -3.55. The van der Waals surface area contributed by atoms with Gasteiger partial charge in [-0.05, 0) is 62.2 Å². The first-order valence-corrected chi connectivity index (χ1v) is 9.40. The van der Waals surface area contributed by atoms with Crippen molar-refractivity contribution < 1.29 is 18.4 Å². The van der Waals surface area contributed by atoms with Crippen LogP contribution in [0.5, 0.6) is 0 Å². The third kappa shape index (κ3) is 4.71. The van der Waals surface area contributed by atoms with Gasteiger partial charge in [-0.1, -0.05) is 12.1 Å². The fraction of sp³-hybridized carbons (Fsp3) is 0.227. The summed E-state index contributed by atoms with van der Waals surface area (Å²) in [5, 5.41) is 7.12. The first-order chi connectivity index (χ1) is 14.3. The van der Waals surface area contributed by atoms with Crippen molar-refractivity contribution in [3.05, 3.63) is 82.7 Å². The first-order valence-electron chi connectivity index (χ1n) is 9.40. The van der Waals surface area contributed by atoms with Crippen LogP contribution < -0.4 is 11.1 Å². The highest BCUT2D eigenvalue weighted by atomic mass is 19.1. The van der Waals surface area contributed by atoms with Crippen molar-refractivity contribution in [2.75, 3.05) is 6.54 Å². The van der Waals surface area contributed by atoms with Gasteiger partial charge >= 0.3 is 0 Å². The number of benzene rings is 2. The summed E-state index contributed by atoms with van der Waals surface area (Å²) in [5.74, 6) is -2.32. The molecule has 0 fully saturated rings. The highest BCUT2D eigenvalue weighted by molar-refractivity contribution is 5.96. The quantitative estimate of drug-likeness (QED) is 0.625. The van der Waals surface area contributed by atoms with E-state index in [0.29, 0.717) is 22.6 Å². The molecule has 2 amide bonds. The molecule has 0 aliphatic rings. The molecule has 3 rings (SSSR count). The standard InChI is InChI=1S/C22H22F2N4O2/c1-13-20(14(2)28(27-13)19-9-7-18(24)8-10-19)22(30)26-12-16(21(25)29)11-15-3-5-17(23)6-4-15/h3-10,16H,11-12H2,1-2H3,(H2,25,29)(H,26,30)/t16-/m1/s1. The number of carbonyl (C=O) groups is 2.